The quantitative estimate of drug-likeness (QED) is 0.380. The highest BCUT2D eigenvalue weighted by atomic mass is 127. The molecule has 1 aromatic carbocycles. The lowest BCUT2D eigenvalue weighted by Crippen LogP contribution is -2.44. The number of aromatic nitrogens is 1. The summed E-state index contributed by atoms with van der Waals surface area (Å²) >= 11 is 0. The minimum atomic E-state index is -0.292. The fraction of sp³-hybridized carbons (Fsp3) is 0.350. The molecule has 1 aliphatic heterocycles. The molecule has 1 saturated heterocycles. The number of nitriles is 1. The molecule has 2 aromatic rings. The van der Waals surface area contributed by atoms with Crippen molar-refractivity contribution in [3.8, 4) is 6.07 Å². The highest BCUT2D eigenvalue weighted by molar-refractivity contribution is 14.0. The smallest absolute Gasteiger partial charge is 0.191 e. The number of nitrogens with zero attached hydrogens (tertiary/aromatic N) is 4. The lowest BCUT2D eigenvalue weighted by atomic mass is 10.1. The molecular weight excluding hydrogens is 470 g/mol. The lowest BCUT2D eigenvalue weighted by Gasteiger charge is -2.20. The Morgan fingerprint density at radius 2 is 2.14 bits per heavy atom. The molecule has 0 aliphatic carbocycles. The van der Waals surface area contributed by atoms with Crippen LogP contribution in [0.15, 0.2) is 47.6 Å². The standard InChI is InChI=1S/C20H23FN6.HI/c1-2-23-20(25-13-16-7-5-15(12-22)6-8-16)26-17-9-11-27(14-17)19-18(21)4-3-10-24-19;/h3-8,10,17H,2,9,11,13-14H2,1H3,(H2,23,25,26);1H. The van der Waals surface area contributed by atoms with Crippen molar-refractivity contribution in [2.24, 2.45) is 4.99 Å². The Morgan fingerprint density at radius 1 is 1.36 bits per heavy atom. The molecule has 2 N–H and O–H groups in total. The predicted molar refractivity (Wildman–Crippen MR) is 119 cm³/mol. The van der Waals surface area contributed by atoms with E-state index in [0.29, 0.717) is 24.5 Å². The van der Waals surface area contributed by atoms with Crippen LogP contribution in [0.2, 0.25) is 0 Å². The molecule has 1 aliphatic rings. The molecule has 1 atom stereocenters. The number of hydrogen-bond acceptors (Lipinski definition) is 4. The summed E-state index contributed by atoms with van der Waals surface area (Å²) in [5.41, 5.74) is 1.68. The molecule has 3 rings (SSSR count). The molecule has 6 nitrogen and oxygen atoms in total. The van der Waals surface area contributed by atoms with Crippen LogP contribution in [0.25, 0.3) is 0 Å². The molecule has 8 heteroatoms. The van der Waals surface area contributed by atoms with Gasteiger partial charge in [-0.1, -0.05) is 12.1 Å². The summed E-state index contributed by atoms with van der Waals surface area (Å²) in [5, 5.41) is 15.5. The van der Waals surface area contributed by atoms with Crippen LogP contribution in [0.5, 0.6) is 0 Å². The highest BCUT2D eigenvalue weighted by Gasteiger charge is 2.25. The SMILES string of the molecule is CCNC(=NCc1ccc(C#N)cc1)NC1CCN(c2ncccc2F)C1.I. The van der Waals surface area contributed by atoms with Gasteiger partial charge in [0.1, 0.15) is 0 Å². The number of benzene rings is 1. The van der Waals surface area contributed by atoms with Gasteiger partial charge in [0.15, 0.2) is 17.6 Å². The maximum atomic E-state index is 13.9. The summed E-state index contributed by atoms with van der Waals surface area (Å²) in [6.45, 7) is 4.72. The van der Waals surface area contributed by atoms with Gasteiger partial charge in [0.2, 0.25) is 0 Å². The van der Waals surface area contributed by atoms with Gasteiger partial charge in [-0.15, -0.1) is 24.0 Å². The first kappa shape index (κ1) is 21.9. The normalized spacial score (nSPS) is 16.2. The Hall–Kier alpha value is -2.41. The third-order valence-corrected chi connectivity index (χ3v) is 4.41. The van der Waals surface area contributed by atoms with E-state index in [1.807, 2.05) is 24.0 Å². The molecule has 0 saturated carbocycles. The van der Waals surface area contributed by atoms with Gasteiger partial charge in [-0.2, -0.15) is 5.26 Å². The lowest BCUT2D eigenvalue weighted by molar-refractivity contribution is 0.612. The first-order valence-electron chi connectivity index (χ1n) is 9.09. The minimum absolute atomic E-state index is 0. The summed E-state index contributed by atoms with van der Waals surface area (Å²) in [4.78, 5) is 10.7. The van der Waals surface area contributed by atoms with E-state index in [1.54, 1.807) is 24.4 Å². The zero-order chi connectivity index (χ0) is 19.1. The highest BCUT2D eigenvalue weighted by Crippen LogP contribution is 2.20. The zero-order valence-corrected chi connectivity index (χ0v) is 18.1. The molecule has 0 bridgehead atoms. The number of halogens is 2. The molecule has 1 aromatic heterocycles. The van der Waals surface area contributed by atoms with Gasteiger partial charge in [0, 0.05) is 31.9 Å². The van der Waals surface area contributed by atoms with Crippen LogP contribution in [0.4, 0.5) is 10.2 Å². The van der Waals surface area contributed by atoms with E-state index in [-0.39, 0.29) is 35.8 Å². The summed E-state index contributed by atoms with van der Waals surface area (Å²) < 4.78 is 13.9. The van der Waals surface area contributed by atoms with Gasteiger partial charge < -0.3 is 15.5 Å². The van der Waals surface area contributed by atoms with Crippen molar-refractivity contribution in [3.63, 3.8) is 0 Å². The average molecular weight is 494 g/mol. The van der Waals surface area contributed by atoms with E-state index in [0.717, 1.165) is 31.0 Å². The van der Waals surface area contributed by atoms with Crippen LogP contribution in [0.1, 0.15) is 24.5 Å². The third kappa shape index (κ3) is 5.79. The molecule has 148 valence electrons. The molecule has 1 unspecified atom stereocenters. The molecule has 0 amide bonds. The first-order chi connectivity index (χ1) is 13.2. The van der Waals surface area contributed by atoms with E-state index in [4.69, 9.17) is 5.26 Å². The topological polar surface area (TPSA) is 76.3 Å². The predicted octanol–water partition coefficient (Wildman–Crippen LogP) is 3.04. The number of hydrogen-bond donors (Lipinski definition) is 2. The number of rotatable bonds is 5. The fourth-order valence-corrected chi connectivity index (χ4v) is 3.05. The van der Waals surface area contributed by atoms with E-state index < -0.39 is 0 Å². The second-order valence-corrected chi connectivity index (χ2v) is 6.39. The van der Waals surface area contributed by atoms with Crippen molar-refractivity contribution in [2.75, 3.05) is 24.5 Å². The van der Waals surface area contributed by atoms with Crippen LogP contribution in [-0.2, 0) is 6.54 Å². The largest absolute Gasteiger partial charge is 0.357 e. The third-order valence-electron chi connectivity index (χ3n) is 4.41. The molecular formula is C20H24FIN6. The zero-order valence-electron chi connectivity index (χ0n) is 15.7. The van der Waals surface area contributed by atoms with Crippen molar-refractivity contribution >= 4 is 35.8 Å². The number of aliphatic imine (C=N–C) groups is 1. The molecule has 0 radical (unpaired) electrons. The van der Waals surface area contributed by atoms with Crippen molar-refractivity contribution in [3.05, 3.63) is 59.5 Å². The Bertz CT molecular complexity index is 833. The van der Waals surface area contributed by atoms with Crippen LogP contribution < -0.4 is 15.5 Å². The van der Waals surface area contributed by atoms with E-state index >= 15 is 0 Å². The average Bonchev–Trinajstić information content (AvgIpc) is 3.15. The van der Waals surface area contributed by atoms with Crippen molar-refractivity contribution < 1.29 is 4.39 Å². The molecule has 28 heavy (non-hydrogen) atoms. The first-order valence-corrected chi connectivity index (χ1v) is 9.09. The van der Waals surface area contributed by atoms with Gasteiger partial charge >= 0.3 is 0 Å². The molecule has 0 spiro atoms. The Kier molecular flexibility index (Phi) is 8.44. The van der Waals surface area contributed by atoms with E-state index in [2.05, 4.69) is 26.7 Å². The Balaban J connectivity index is 0.00000280. The number of anilines is 1. The number of pyridine rings is 1. The Morgan fingerprint density at radius 3 is 2.82 bits per heavy atom. The maximum Gasteiger partial charge on any atom is 0.191 e. The monoisotopic (exact) mass is 494 g/mol. The van der Waals surface area contributed by atoms with E-state index in [1.165, 1.54) is 6.07 Å². The van der Waals surface area contributed by atoms with Gasteiger partial charge in [0.05, 0.1) is 18.2 Å². The van der Waals surface area contributed by atoms with Gasteiger partial charge in [-0.05, 0) is 43.2 Å². The summed E-state index contributed by atoms with van der Waals surface area (Å²) in [7, 11) is 0. The maximum absolute atomic E-state index is 13.9. The molecule has 1 fully saturated rings. The number of nitrogens with one attached hydrogen (secondary N) is 2. The van der Waals surface area contributed by atoms with Gasteiger partial charge in [0.25, 0.3) is 0 Å². The van der Waals surface area contributed by atoms with Crippen LogP contribution in [0.3, 0.4) is 0 Å². The minimum Gasteiger partial charge on any atom is -0.357 e. The summed E-state index contributed by atoms with van der Waals surface area (Å²) in [5.74, 6) is 0.844. The van der Waals surface area contributed by atoms with Gasteiger partial charge in [-0.3, -0.25) is 0 Å². The van der Waals surface area contributed by atoms with Crippen LogP contribution >= 0.6 is 24.0 Å². The van der Waals surface area contributed by atoms with Crippen LogP contribution in [0, 0.1) is 17.1 Å². The van der Waals surface area contributed by atoms with Crippen LogP contribution in [-0.4, -0.2) is 36.6 Å². The second kappa shape index (κ2) is 10.8. The van der Waals surface area contributed by atoms with E-state index in [9.17, 15) is 4.39 Å². The van der Waals surface area contributed by atoms with Crippen molar-refractivity contribution in [1.82, 2.24) is 15.6 Å². The second-order valence-electron chi connectivity index (χ2n) is 6.39. The number of guanidine groups is 1. The van der Waals surface area contributed by atoms with Gasteiger partial charge in [-0.25, -0.2) is 14.4 Å². The summed E-state index contributed by atoms with van der Waals surface area (Å²) in [6, 6.07) is 12.7. The molecule has 2 heterocycles. The fourth-order valence-electron chi connectivity index (χ4n) is 3.05. The van der Waals surface area contributed by atoms with Crippen molar-refractivity contribution in [2.45, 2.75) is 25.9 Å². The van der Waals surface area contributed by atoms with Crippen molar-refractivity contribution in [1.29, 1.82) is 5.26 Å². The Labute approximate surface area is 181 Å². The summed E-state index contributed by atoms with van der Waals surface area (Å²) in [6.07, 6.45) is 2.50.